The summed E-state index contributed by atoms with van der Waals surface area (Å²) < 4.78 is 22.3. The Bertz CT molecular complexity index is 279. The molecule has 72 valence electrons. The van der Waals surface area contributed by atoms with E-state index >= 15 is 0 Å². The average Bonchev–Trinajstić information content (AvgIpc) is 1.86. The number of carbonyl (C=O) groups excluding carboxylic acids is 1. The van der Waals surface area contributed by atoms with Crippen LogP contribution < -0.4 is 5.73 Å². The zero-order chi connectivity index (χ0) is 10.2. The molecule has 0 aliphatic heterocycles. The van der Waals surface area contributed by atoms with Gasteiger partial charge >= 0.3 is 0 Å². The van der Waals surface area contributed by atoms with E-state index < -0.39 is 20.7 Å². The van der Waals surface area contributed by atoms with Gasteiger partial charge in [0.15, 0.2) is 4.75 Å². The maximum absolute atomic E-state index is 11.4. The van der Waals surface area contributed by atoms with Gasteiger partial charge < -0.3 is 5.73 Å². The van der Waals surface area contributed by atoms with Crippen LogP contribution in [0.3, 0.4) is 0 Å². The molecule has 0 radical (unpaired) electrons. The van der Waals surface area contributed by atoms with Crippen LogP contribution in [0.1, 0.15) is 13.8 Å². The number of rotatable bonds is 3. The van der Waals surface area contributed by atoms with Crippen LogP contribution in [0.2, 0.25) is 0 Å². The van der Waals surface area contributed by atoms with Crippen LogP contribution in [0.5, 0.6) is 0 Å². The Morgan fingerprint density at radius 3 is 1.75 bits per heavy atom. The Morgan fingerprint density at radius 1 is 1.33 bits per heavy atom. The predicted octanol–water partition coefficient (Wildman–Crippen LogP) is -0.858. The Hall–Kier alpha value is -0.620. The second kappa shape index (κ2) is 3.02. The zero-order valence-electron chi connectivity index (χ0n) is 7.66. The molecule has 0 atom stereocenters. The number of primary amides is 1. The first-order valence-corrected chi connectivity index (χ1v) is 4.80. The minimum atomic E-state index is -3.62. The molecule has 0 fully saturated rings. The second-order valence-corrected chi connectivity index (χ2v) is 5.86. The summed E-state index contributed by atoms with van der Waals surface area (Å²) in [6.45, 7) is 2.56. The van der Waals surface area contributed by atoms with Crippen LogP contribution in [0.4, 0.5) is 0 Å². The number of hydrogen-bond donors (Lipinski definition) is 1. The maximum Gasteiger partial charge on any atom is 0.239 e. The Labute approximate surface area is 72.6 Å². The van der Waals surface area contributed by atoms with E-state index in [1.165, 1.54) is 27.9 Å². The SMILES string of the molecule is CN(C)S(=O)(=O)C(C)(C)C(N)=O. The van der Waals surface area contributed by atoms with Crippen LogP contribution in [-0.4, -0.2) is 37.5 Å². The lowest BCUT2D eigenvalue weighted by atomic mass is 10.2. The van der Waals surface area contributed by atoms with Crippen LogP contribution in [0, 0.1) is 0 Å². The Balaban J connectivity index is 5.19. The predicted molar refractivity (Wildman–Crippen MR) is 45.9 cm³/mol. The fourth-order valence-electron chi connectivity index (χ4n) is 0.584. The standard InChI is InChI=1S/C6H14N2O3S/c1-6(2,5(7)9)12(10,11)8(3)4/h1-4H3,(H2,7,9). The smallest absolute Gasteiger partial charge is 0.239 e. The molecule has 5 nitrogen and oxygen atoms in total. The topological polar surface area (TPSA) is 80.5 Å². The van der Waals surface area contributed by atoms with E-state index in [-0.39, 0.29) is 0 Å². The fraction of sp³-hybridized carbons (Fsp3) is 0.833. The van der Waals surface area contributed by atoms with Crippen molar-refractivity contribution in [2.24, 2.45) is 5.73 Å². The minimum Gasteiger partial charge on any atom is -0.368 e. The molecule has 0 rings (SSSR count). The average molecular weight is 194 g/mol. The third-order valence-electron chi connectivity index (χ3n) is 1.72. The van der Waals surface area contributed by atoms with E-state index in [9.17, 15) is 13.2 Å². The number of hydrogen-bond acceptors (Lipinski definition) is 3. The van der Waals surface area contributed by atoms with Crippen molar-refractivity contribution in [1.82, 2.24) is 4.31 Å². The summed E-state index contributed by atoms with van der Waals surface area (Å²) in [6, 6.07) is 0. The molecule has 0 aromatic rings. The molecule has 1 amide bonds. The van der Waals surface area contributed by atoms with Crippen LogP contribution >= 0.6 is 0 Å². The number of amides is 1. The van der Waals surface area contributed by atoms with Gasteiger partial charge in [-0.2, -0.15) is 0 Å². The van der Waals surface area contributed by atoms with Crippen molar-refractivity contribution in [1.29, 1.82) is 0 Å². The molecule has 12 heavy (non-hydrogen) atoms. The second-order valence-electron chi connectivity index (χ2n) is 3.16. The van der Waals surface area contributed by atoms with Gasteiger partial charge in [-0.1, -0.05) is 0 Å². The first-order chi connectivity index (χ1) is 5.14. The Morgan fingerprint density at radius 2 is 1.67 bits per heavy atom. The molecule has 0 aromatic carbocycles. The lowest BCUT2D eigenvalue weighted by molar-refractivity contribution is -0.119. The fourth-order valence-corrected chi connectivity index (χ4v) is 1.75. The highest BCUT2D eigenvalue weighted by atomic mass is 32.2. The van der Waals surface area contributed by atoms with Gasteiger partial charge in [-0.05, 0) is 13.8 Å². The first kappa shape index (κ1) is 11.4. The van der Waals surface area contributed by atoms with Crippen LogP contribution in [0.25, 0.3) is 0 Å². The van der Waals surface area contributed by atoms with E-state index in [4.69, 9.17) is 5.73 Å². The quantitative estimate of drug-likeness (QED) is 0.635. The molecule has 0 heterocycles. The van der Waals surface area contributed by atoms with E-state index in [2.05, 4.69) is 0 Å². The molecule has 0 unspecified atom stereocenters. The highest BCUT2D eigenvalue weighted by Gasteiger charge is 2.41. The summed E-state index contributed by atoms with van der Waals surface area (Å²) >= 11 is 0. The molecule has 0 spiro atoms. The van der Waals surface area contributed by atoms with E-state index in [0.29, 0.717) is 0 Å². The molecule has 0 saturated carbocycles. The van der Waals surface area contributed by atoms with Crippen LogP contribution in [-0.2, 0) is 14.8 Å². The number of carbonyl (C=O) groups is 1. The van der Waals surface area contributed by atoms with Gasteiger partial charge in [0.1, 0.15) is 0 Å². The van der Waals surface area contributed by atoms with Gasteiger partial charge in [0.25, 0.3) is 0 Å². The normalized spacial score (nSPS) is 13.4. The lowest BCUT2D eigenvalue weighted by Crippen LogP contribution is -2.50. The van der Waals surface area contributed by atoms with E-state index in [0.717, 1.165) is 4.31 Å². The van der Waals surface area contributed by atoms with Crippen molar-refractivity contribution in [2.45, 2.75) is 18.6 Å². The Kier molecular flexibility index (Phi) is 2.87. The van der Waals surface area contributed by atoms with Crippen molar-refractivity contribution >= 4 is 15.9 Å². The van der Waals surface area contributed by atoms with Crippen LogP contribution in [0.15, 0.2) is 0 Å². The monoisotopic (exact) mass is 194 g/mol. The number of nitrogens with two attached hydrogens (primary N) is 1. The molecular weight excluding hydrogens is 180 g/mol. The summed E-state index contributed by atoms with van der Waals surface area (Å²) in [5.41, 5.74) is 4.95. The highest BCUT2D eigenvalue weighted by molar-refractivity contribution is 7.91. The van der Waals surface area contributed by atoms with Crippen molar-refractivity contribution in [2.75, 3.05) is 14.1 Å². The summed E-state index contributed by atoms with van der Waals surface area (Å²) in [5, 5.41) is 0. The third-order valence-corrected chi connectivity index (χ3v) is 4.17. The molecule has 0 aliphatic carbocycles. The molecular formula is C6H14N2O3S. The molecule has 0 aromatic heterocycles. The summed E-state index contributed by atoms with van der Waals surface area (Å²) in [6.07, 6.45) is 0. The third kappa shape index (κ3) is 1.59. The number of sulfonamides is 1. The molecule has 0 saturated heterocycles. The van der Waals surface area contributed by atoms with Gasteiger partial charge in [-0.15, -0.1) is 0 Å². The van der Waals surface area contributed by atoms with E-state index in [1.54, 1.807) is 0 Å². The molecule has 6 heteroatoms. The molecule has 0 bridgehead atoms. The van der Waals surface area contributed by atoms with Gasteiger partial charge in [0, 0.05) is 14.1 Å². The number of nitrogens with zero attached hydrogens (tertiary/aromatic N) is 1. The molecule has 2 N–H and O–H groups in total. The lowest BCUT2D eigenvalue weighted by Gasteiger charge is -2.24. The largest absolute Gasteiger partial charge is 0.368 e. The summed E-state index contributed by atoms with van der Waals surface area (Å²) in [7, 11) is -0.895. The van der Waals surface area contributed by atoms with Crippen molar-refractivity contribution in [3.8, 4) is 0 Å². The van der Waals surface area contributed by atoms with Crippen molar-refractivity contribution in [3.63, 3.8) is 0 Å². The van der Waals surface area contributed by atoms with Crippen molar-refractivity contribution in [3.05, 3.63) is 0 Å². The van der Waals surface area contributed by atoms with E-state index in [1.807, 2.05) is 0 Å². The van der Waals surface area contributed by atoms with Crippen molar-refractivity contribution < 1.29 is 13.2 Å². The highest BCUT2D eigenvalue weighted by Crippen LogP contribution is 2.17. The summed E-state index contributed by atoms with van der Waals surface area (Å²) in [5.74, 6) is -0.851. The zero-order valence-corrected chi connectivity index (χ0v) is 8.47. The van der Waals surface area contributed by atoms with Gasteiger partial charge in [0.05, 0.1) is 0 Å². The van der Waals surface area contributed by atoms with Gasteiger partial charge in [-0.25, -0.2) is 12.7 Å². The summed E-state index contributed by atoms with van der Waals surface area (Å²) in [4.78, 5) is 10.8. The minimum absolute atomic E-state index is 0.851. The molecule has 0 aliphatic rings. The first-order valence-electron chi connectivity index (χ1n) is 3.36. The van der Waals surface area contributed by atoms with Gasteiger partial charge in [0.2, 0.25) is 15.9 Å². The van der Waals surface area contributed by atoms with Gasteiger partial charge in [-0.3, -0.25) is 4.79 Å². The maximum atomic E-state index is 11.4.